The van der Waals surface area contributed by atoms with Crippen LogP contribution in [0, 0.1) is 0 Å². The molecule has 5 heteroatoms. The Morgan fingerprint density at radius 3 is 2.41 bits per heavy atom. The molecule has 1 aliphatic heterocycles. The summed E-state index contributed by atoms with van der Waals surface area (Å²) in [5, 5.41) is 13.7. The molecule has 27 heavy (non-hydrogen) atoms. The van der Waals surface area contributed by atoms with Crippen molar-refractivity contribution in [2.45, 2.75) is 13.1 Å². The van der Waals surface area contributed by atoms with E-state index in [1.54, 1.807) is 30.3 Å². The minimum absolute atomic E-state index is 0.117. The van der Waals surface area contributed by atoms with Crippen molar-refractivity contribution in [3.05, 3.63) is 95.1 Å². The Morgan fingerprint density at radius 2 is 1.67 bits per heavy atom. The summed E-state index contributed by atoms with van der Waals surface area (Å²) in [7, 11) is 0. The van der Waals surface area contributed by atoms with Gasteiger partial charge in [0.05, 0.1) is 6.21 Å². The van der Waals surface area contributed by atoms with Crippen molar-refractivity contribution in [1.29, 1.82) is 0 Å². The summed E-state index contributed by atoms with van der Waals surface area (Å²) in [5.41, 5.74) is 7.23. The fourth-order valence-electron chi connectivity index (χ4n) is 3.18. The highest BCUT2D eigenvalue weighted by Gasteiger charge is 2.19. The minimum Gasteiger partial charge on any atom is -0.507 e. The number of hydrogen-bond acceptors (Lipinski definition) is 4. The van der Waals surface area contributed by atoms with Gasteiger partial charge in [-0.1, -0.05) is 42.5 Å². The van der Waals surface area contributed by atoms with Crippen LogP contribution in [0.15, 0.2) is 77.9 Å². The second-order valence-corrected chi connectivity index (χ2v) is 6.43. The van der Waals surface area contributed by atoms with Gasteiger partial charge in [0, 0.05) is 29.9 Å². The molecule has 0 saturated carbocycles. The molecule has 0 atom stereocenters. The average Bonchev–Trinajstić information content (AvgIpc) is 3.14. The number of anilines is 1. The normalized spacial score (nSPS) is 13.0. The standard InChI is InChI=1S/C22H19N3O2/c26-21-11-4-3-6-17(21)13-23-24-22(27)16-9-5-10-20(12-16)25-14-18-7-1-2-8-19(18)15-25/h1-13,26H,14-15H2,(H,24,27)/b23-13-. The average molecular weight is 357 g/mol. The van der Waals surface area contributed by atoms with Gasteiger partial charge in [-0.05, 0) is 41.5 Å². The van der Waals surface area contributed by atoms with Gasteiger partial charge in [0.25, 0.3) is 5.91 Å². The van der Waals surface area contributed by atoms with E-state index in [0.29, 0.717) is 11.1 Å². The van der Waals surface area contributed by atoms with Crippen molar-refractivity contribution >= 4 is 17.8 Å². The van der Waals surface area contributed by atoms with Crippen molar-refractivity contribution < 1.29 is 9.90 Å². The van der Waals surface area contributed by atoms with Crippen molar-refractivity contribution in [1.82, 2.24) is 5.43 Å². The van der Waals surface area contributed by atoms with Crippen LogP contribution in [-0.4, -0.2) is 17.2 Å². The summed E-state index contributed by atoms with van der Waals surface area (Å²) in [4.78, 5) is 14.6. The predicted molar refractivity (Wildman–Crippen MR) is 106 cm³/mol. The molecule has 1 aliphatic rings. The van der Waals surface area contributed by atoms with Gasteiger partial charge in [-0.3, -0.25) is 4.79 Å². The van der Waals surface area contributed by atoms with Crippen molar-refractivity contribution in [2.75, 3.05) is 4.90 Å². The molecule has 0 unspecified atom stereocenters. The van der Waals surface area contributed by atoms with Gasteiger partial charge >= 0.3 is 0 Å². The highest BCUT2D eigenvalue weighted by molar-refractivity contribution is 5.96. The number of nitrogens with zero attached hydrogens (tertiary/aromatic N) is 2. The van der Waals surface area contributed by atoms with Gasteiger partial charge in [0.1, 0.15) is 5.75 Å². The highest BCUT2D eigenvalue weighted by atomic mass is 16.3. The number of carbonyl (C=O) groups excluding carboxylic acids is 1. The summed E-state index contributed by atoms with van der Waals surface area (Å²) < 4.78 is 0. The van der Waals surface area contributed by atoms with Gasteiger partial charge in [-0.15, -0.1) is 0 Å². The van der Waals surface area contributed by atoms with Crippen molar-refractivity contribution in [3.63, 3.8) is 0 Å². The van der Waals surface area contributed by atoms with E-state index < -0.39 is 0 Å². The lowest BCUT2D eigenvalue weighted by molar-refractivity contribution is 0.0955. The zero-order valence-corrected chi connectivity index (χ0v) is 14.7. The number of carbonyl (C=O) groups is 1. The number of phenolic OH excluding ortho intramolecular Hbond substituents is 1. The molecule has 4 rings (SSSR count). The third kappa shape index (κ3) is 3.67. The number of aromatic hydroxyl groups is 1. The second-order valence-electron chi connectivity index (χ2n) is 6.43. The number of hydrogen-bond donors (Lipinski definition) is 2. The van der Waals surface area contributed by atoms with Gasteiger partial charge in [0.15, 0.2) is 0 Å². The lowest BCUT2D eigenvalue weighted by Gasteiger charge is -2.18. The Labute approximate surface area is 157 Å². The van der Waals surface area contributed by atoms with Crippen LogP contribution < -0.4 is 10.3 Å². The van der Waals surface area contributed by atoms with E-state index in [1.165, 1.54) is 17.3 Å². The number of amides is 1. The lowest BCUT2D eigenvalue weighted by Crippen LogP contribution is -2.19. The summed E-state index contributed by atoms with van der Waals surface area (Å²) >= 11 is 0. The van der Waals surface area contributed by atoms with Gasteiger partial charge in [-0.25, -0.2) is 5.43 Å². The third-order valence-electron chi connectivity index (χ3n) is 4.62. The highest BCUT2D eigenvalue weighted by Crippen LogP contribution is 2.28. The van der Waals surface area contributed by atoms with Gasteiger partial charge in [-0.2, -0.15) is 5.10 Å². The monoisotopic (exact) mass is 357 g/mol. The maximum atomic E-state index is 12.4. The molecule has 0 spiro atoms. The Hall–Kier alpha value is -3.60. The Morgan fingerprint density at radius 1 is 0.963 bits per heavy atom. The summed E-state index contributed by atoms with van der Waals surface area (Å²) in [6, 6.07) is 22.7. The first kappa shape index (κ1) is 16.8. The Balaban J connectivity index is 1.45. The van der Waals surface area contributed by atoms with Gasteiger partial charge in [0.2, 0.25) is 0 Å². The van der Waals surface area contributed by atoms with E-state index in [1.807, 2.05) is 18.2 Å². The minimum atomic E-state index is -0.291. The molecule has 0 bridgehead atoms. The topological polar surface area (TPSA) is 64.9 Å². The lowest BCUT2D eigenvalue weighted by atomic mass is 10.1. The molecule has 1 heterocycles. The van der Waals surface area contributed by atoms with E-state index in [-0.39, 0.29) is 11.7 Å². The fraction of sp³-hybridized carbons (Fsp3) is 0.0909. The first-order valence-corrected chi connectivity index (χ1v) is 8.74. The first-order chi connectivity index (χ1) is 13.2. The van der Waals surface area contributed by atoms with E-state index in [4.69, 9.17) is 0 Å². The number of benzene rings is 3. The summed E-state index contributed by atoms with van der Waals surface area (Å²) in [6.07, 6.45) is 1.42. The molecule has 3 aromatic rings. The predicted octanol–water partition coefficient (Wildman–Crippen LogP) is 3.68. The van der Waals surface area contributed by atoms with Crippen molar-refractivity contribution in [2.24, 2.45) is 5.10 Å². The number of nitrogens with one attached hydrogen (secondary N) is 1. The number of fused-ring (bicyclic) bond motifs is 1. The molecule has 5 nitrogen and oxygen atoms in total. The molecular weight excluding hydrogens is 338 g/mol. The molecule has 0 saturated heterocycles. The maximum absolute atomic E-state index is 12.4. The Kier molecular flexibility index (Phi) is 4.58. The van der Waals surface area contributed by atoms with Crippen LogP contribution in [0.25, 0.3) is 0 Å². The second kappa shape index (κ2) is 7.33. The largest absolute Gasteiger partial charge is 0.507 e. The molecule has 0 radical (unpaired) electrons. The number of phenols is 1. The van der Waals surface area contributed by atoms with E-state index in [0.717, 1.165) is 18.8 Å². The van der Waals surface area contributed by atoms with Crippen LogP contribution in [-0.2, 0) is 13.1 Å². The van der Waals surface area contributed by atoms with Crippen molar-refractivity contribution in [3.8, 4) is 5.75 Å². The summed E-state index contributed by atoms with van der Waals surface area (Å²) in [5.74, 6) is -0.175. The molecule has 1 amide bonds. The number of hydrazone groups is 1. The van der Waals surface area contributed by atoms with Crippen LogP contribution >= 0.6 is 0 Å². The molecular formula is C22H19N3O2. The Bertz CT molecular complexity index is 989. The molecule has 3 aromatic carbocycles. The van der Waals surface area contributed by atoms with Crippen LogP contribution in [0.3, 0.4) is 0 Å². The van der Waals surface area contributed by atoms with E-state index >= 15 is 0 Å². The summed E-state index contributed by atoms with van der Waals surface area (Å²) in [6.45, 7) is 1.68. The van der Waals surface area contributed by atoms with Crippen LogP contribution in [0.2, 0.25) is 0 Å². The SMILES string of the molecule is O=C(N/N=C\c1ccccc1O)c1cccc(N2Cc3ccccc3C2)c1. The van der Waals surface area contributed by atoms with E-state index in [2.05, 4.69) is 39.7 Å². The van der Waals surface area contributed by atoms with E-state index in [9.17, 15) is 9.90 Å². The number of para-hydroxylation sites is 1. The van der Waals surface area contributed by atoms with Crippen LogP contribution in [0.5, 0.6) is 5.75 Å². The first-order valence-electron chi connectivity index (χ1n) is 8.74. The zero-order chi connectivity index (χ0) is 18.6. The quantitative estimate of drug-likeness (QED) is 0.553. The smallest absolute Gasteiger partial charge is 0.271 e. The molecule has 0 aromatic heterocycles. The van der Waals surface area contributed by atoms with Gasteiger partial charge < -0.3 is 10.0 Å². The molecule has 0 fully saturated rings. The van der Waals surface area contributed by atoms with Crippen LogP contribution in [0.1, 0.15) is 27.0 Å². The maximum Gasteiger partial charge on any atom is 0.271 e. The fourth-order valence-corrected chi connectivity index (χ4v) is 3.18. The third-order valence-corrected chi connectivity index (χ3v) is 4.62. The van der Waals surface area contributed by atoms with Crippen LogP contribution in [0.4, 0.5) is 5.69 Å². The molecule has 2 N–H and O–H groups in total. The zero-order valence-electron chi connectivity index (χ0n) is 14.7. The molecule has 0 aliphatic carbocycles. The molecule has 134 valence electrons. The number of rotatable bonds is 4.